The third-order valence-corrected chi connectivity index (χ3v) is 4.02. The van der Waals surface area contributed by atoms with Crippen LogP contribution in [0.15, 0.2) is 0 Å². The molecule has 0 radical (unpaired) electrons. The number of ether oxygens (including phenoxy) is 1. The molecule has 1 aliphatic heterocycles. The van der Waals surface area contributed by atoms with Crippen LogP contribution in [0.4, 0.5) is 0 Å². The third-order valence-electron chi connectivity index (χ3n) is 4.02. The van der Waals surface area contributed by atoms with Crippen molar-refractivity contribution in [2.75, 3.05) is 39.8 Å². The van der Waals surface area contributed by atoms with Crippen molar-refractivity contribution < 1.29 is 9.53 Å². The zero-order chi connectivity index (χ0) is 14.6. The van der Waals surface area contributed by atoms with Gasteiger partial charge in [0.1, 0.15) is 5.54 Å². The van der Waals surface area contributed by atoms with E-state index in [4.69, 9.17) is 4.74 Å². The molecule has 0 spiro atoms. The summed E-state index contributed by atoms with van der Waals surface area (Å²) in [5.41, 5.74) is -0.708. The Morgan fingerprint density at radius 3 is 2.90 bits per heavy atom. The molecule has 6 nitrogen and oxygen atoms in total. The Kier molecular flexibility index (Phi) is 4.97. The number of amides is 1. The van der Waals surface area contributed by atoms with E-state index in [0.29, 0.717) is 12.5 Å². The largest absolute Gasteiger partial charge is 0.374 e. The summed E-state index contributed by atoms with van der Waals surface area (Å²) in [4.78, 5) is 14.1. The molecule has 2 atom stereocenters. The van der Waals surface area contributed by atoms with E-state index in [2.05, 4.69) is 28.7 Å². The Labute approximate surface area is 120 Å². The molecule has 0 aromatic heterocycles. The summed E-state index contributed by atoms with van der Waals surface area (Å²) < 4.78 is 5.61. The van der Waals surface area contributed by atoms with E-state index in [9.17, 15) is 10.1 Å². The molecular formula is C14H24N4O2. The zero-order valence-corrected chi connectivity index (χ0v) is 12.3. The molecule has 112 valence electrons. The van der Waals surface area contributed by atoms with Crippen LogP contribution in [0.25, 0.3) is 0 Å². The predicted molar refractivity (Wildman–Crippen MR) is 75.0 cm³/mol. The highest BCUT2D eigenvalue weighted by molar-refractivity contribution is 5.79. The smallest absolute Gasteiger partial charge is 0.235 e. The van der Waals surface area contributed by atoms with Crippen LogP contribution in [0.1, 0.15) is 19.8 Å². The van der Waals surface area contributed by atoms with Gasteiger partial charge < -0.3 is 20.3 Å². The number of hydrogen-bond acceptors (Lipinski definition) is 5. The molecule has 1 aliphatic carbocycles. The molecule has 20 heavy (non-hydrogen) atoms. The summed E-state index contributed by atoms with van der Waals surface area (Å²) in [6, 6.07) is 2.23. The number of carbonyl (C=O) groups excluding carboxylic acids is 1. The molecule has 1 heterocycles. The van der Waals surface area contributed by atoms with Crippen LogP contribution in [-0.4, -0.2) is 62.3 Å². The molecule has 0 aromatic rings. The van der Waals surface area contributed by atoms with Gasteiger partial charge in [0.05, 0.1) is 25.3 Å². The van der Waals surface area contributed by atoms with Gasteiger partial charge in [-0.3, -0.25) is 4.79 Å². The van der Waals surface area contributed by atoms with E-state index in [-0.39, 0.29) is 18.6 Å². The van der Waals surface area contributed by atoms with E-state index < -0.39 is 5.54 Å². The minimum atomic E-state index is -0.708. The second kappa shape index (κ2) is 6.53. The molecule has 2 fully saturated rings. The maximum Gasteiger partial charge on any atom is 0.235 e. The van der Waals surface area contributed by atoms with Crippen LogP contribution in [0.2, 0.25) is 0 Å². The number of nitrogens with one attached hydrogen (secondary N) is 2. The first kappa shape index (κ1) is 15.2. The highest BCUT2D eigenvalue weighted by atomic mass is 16.5. The number of nitriles is 1. The van der Waals surface area contributed by atoms with Crippen molar-refractivity contribution >= 4 is 5.91 Å². The fourth-order valence-corrected chi connectivity index (χ4v) is 2.55. The van der Waals surface area contributed by atoms with Gasteiger partial charge in [-0.25, -0.2) is 0 Å². The van der Waals surface area contributed by atoms with Gasteiger partial charge in [-0.05, 0) is 32.7 Å². The summed E-state index contributed by atoms with van der Waals surface area (Å²) in [5, 5.41) is 15.1. The lowest BCUT2D eigenvalue weighted by Gasteiger charge is -2.30. The summed E-state index contributed by atoms with van der Waals surface area (Å²) in [6.07, 6.45) is 2.19. The number of likely N-dealkylation sites (N-methyl/N-ethyl adjacent to an activating group) is 1. The van der Waals surface area contributed by atoms with E-state index in [0.717, 1.165) is 32.5 Å². The van der Waals surface area contributed by atoms with Gasteiger partial charge in [0.25, 0.3) is 0 Å². The molecule has 1 amide bonds. The molecule has 2 aliphatic rings. The lowest BCUT2D eigenvalue weighted by molar-refractivity contribution is -0.121. The van der Waals surface area contributed by atoms with Crippen LogP contribution in [0.5, 0.6) is 0 Å². The summed E-state index contributed by atoms with van der Waals surface area (Å²) >= 11 is 0. The molecule has 1 saturated carbocycles. The lowest BCUT2D eigenvalue weighted by atomic mass is 9.98. The van der Waals surface area contributed by atoms with Crippen molar-refractivity contribution in [2.45, 2.75) is 31.4 Å². The standard InChI is InChI=1S/C14H24N4O2/c1-14(10-15,11-3-4-11)17-13(19)8-16-7-12-9-18(2)5-6-20-12/h11-12,16H,3-9H2,1-2H3,(H,17,19)/t12-,14+/m1/s1. The quantitative estimate of drug-likeness (QED) is 0.699. The molecule has 6 heteroatoms. The maximum absolute atomic E-state index is 11.9. The highest BCUT2D eigenvalue weighted by Crippen LogP contribution is 2.39. The normalized spacial score (nSPS) is 26.6. The summed E-state index contributed by atoms with van der Waals surface area (Å²) in [6.45, 7) is 5.27. The first-order chi connectivity index (χ1) is 9.53. The van der Waals surface area contributed by atoms with Gasteiger partial charge in [0.15, 0.2) is 0 Å². The monoisotopic (exact) mass is 280 g/mol. The van der Waals surface area contributed by atoms with E-state index in [1.54, 1.807) is 0 Å². The third kappa shape index (κ3) is 4.17. The minimum absolute atomic E-state index is 0.120. The van der Waals surface area contributed by atoms with E-state index in [1.165, 1.54) is 0 Å². The Bertz CT molecular complexity index is 391. The number of hydrogen-bond donors (Lipinski definition) is 2. The highest BCUT2D eigenvalue weighted by Gasteiger charge is 2.42. The van der Waals surface area contributed by atoms with Gasteiger partial charge in [-0.15, -0.1) is 0 Å². The molecule has 0 aromatic carbocycles. The number of nitrogens with zero attached hydrogens (tertiary/aromatic N) is 2. The SMILES string of the molecule is CN1CCO[C@H](CNCC(=O)N[C@@](C)(C#N)C2CC2)C1. The molecule has 2 rings (SSSR count). The second-order valence-corrected chi connectivity index (χ2v) is 6.02. The van der Waals surface area contributed by atoms with Crippen molar-refractivity contribution in [3.05, 3.63) is 0 Å². The van der Waals surface area contributed by atoms with Crippen molar-refractivity contribution in [2.24, 2.45) is 5.92 Å². The number of rotatable bonds is 6. The van der Waals surface area contributed by atoms with E-state index >= 15 is 0 Å². The minimum Gasteiger partial charge on any atom is -0.374 e. The first-order valence-electron chi connectivity index (χ1n) is 7.26. The Morgan fingerprint density at radius 2 is 2.30 bits per heavy atom. The van der Waals surface area contributed by atoms with Gasteiger partial charge >= 0.3 is 0 Å². The number of morpholine rings is 1. The van der Waals surface area contributed by atoms with Crippen molar-refractivity contribution in [3.63, 3.8) is 0 Å². The molecule has 0 bridgehead atoms. The van der Waals surface area contributed by atoms with Crippen LogP contribution in [0, 0.1) is 17.2 Å². The van der Waals surface area contributed by atoms with Crippen LogP contribution in [-0.2, 0) is 9.53 Å². The average Bonchev–Trinajstić information content (AvgIpc) is 3.23. The van der Waals surface area contributed by atoms with Crippen molar-refractivity contribution in [1.82, 2.24) is 15.5 Å². The fourth-order valence-electron chi connectivity index (χ4n) is 2.55. The number of carbonyl (C=O) groups is 1. The summed E-state index contributed by atoms with van der Waals surface area (Å²) in [5.74, 6) is 0.192. The predicted octanol–water partition coefficient (Wildman–Crippen LogP) is -0.285. The first-order valence-corrected chi connectivity index (χ1v) is 7.26. The van der Waals surface area contributed by atoms with Crippen molar-refractivity contribution in [1.29, 1.82) is 5.26 Å². The molecular weight excluding hydrogens is 256 g/mol. The molecule has 2 N–H and O–H groups in total. The fraction of sp³-hybridized carbons (Fsp3) is 0.857. The maximum atomic E-state index is 11.9. The van der Waals surface area contributed by atoms with Gasteiger partial charge in [-0.1, -0.05) is 0 Å². The molecule has 0 unspecified atom stereocenters. The summed E-state index contributed by atoms with van der Waals surface area (Å²) in [7, 11) is 2.07. The average molecular weight is 280 g/mol. The Hall–Kier alpha value is -1.16. The van der Waals surface area contributed by atoms with Crippen molar-refractivity contribution in [3.8, 4) is 6.07 Å². The molecule has 1 saturated heterocycles. The van der Waals surface area contributed by atoms with Gasteiger partial charge in [0, 0.05) is 19.6 Å². The van der Waals surface area contributed by atoms with Crippen LogP contribution >= 0.6 is 0 Å². The van der Waals surface area contributed by atoms with Gasteiger partial charge in [0.2, 0.25) is 5.91 Å². The Balaban J connectivity index is 1.66. The van der Waals surface area contributed by atoms with Crippen LogP contribution in [0.3, 0.4) is 0 Å². The van der Waals surface area contributed by atoms with Gasteiger partial charge in [-0.2, -0.15) is 5.26 Å². The van der Waals surface area contributed by atoms with Crippen LogP contribution < -0.4 is 10.6 Å². The van der Waals surface area contributed by atoms with E-state index in [1.807, 2.05) is 6.92 Å². The zero-order valence-electron chi connectivity index (χ0n) is 12.3. The topological polar surface area (TPSA) is 77.4 Å². The second-order valence-electron chi connectivity index (χ2n) is 6.02. The lowest BCUT2D eigenvalue weighted by Crippen LogP contribution is -2.51. The Morgan fingerprint density at radius 1 is 1.55 bits per heavy atom.